The molecule has 0 aliphatic carbocycles. The van der Waals surface area contributed by atoms with Gasteiger partial charge in [-0.25, -0.2) is 9.98 Å². The molecule has 3 aromatic rings. The number of aryl methyl sites for hydroxylation is 1. The summed E-state index contributed by atoms with van der Waals surface area (Å²) in [6, 6.07) is 16.2. The van der Waals surface area contributed by atoms with Crippen LogP contribution in [-0.4, -0.2) is 17.0 Å². The van der Waals surface area contributed by atoms with Crippen LogP contribution in [0.5, 0.6) is 0 Å². The van der Waals surface area contributed by atoms with Crippen molar-refractivity contribution in [1.82, 2.24) is 10.4 Å². The first-order chi connectivity index (χ1) is 15.1. The molecule has 0 bridgehead atoms. The minimum atomic E-state index is 0.609. The fourth-order valence-electron chi connectivity index (χ4n) is 3.26. The molecule has 3 rings (SSSR count). The van der Waals surface area contributed by atoms with Gasteiger partial charge in [-0.15, -0.1) is 0 Å². The predicted octanol–water partition coefficient (Wildman–Crippen LogP) is 8.08. The second-order valence-corrected chi connectivity index (χ2v) is 9.26. The molecule has 0 saturated heterocycles. The van der Waals surface area contributed by atoms with E-state index in [0.29, 0.717) is 5.84 Å². The first kappa shape index (κ1) is 23.6. The van der Waals surface area contributed by atoms with Gasteiger partial charge in [-0.2, -0.15) is 5.10 Å². The molecule has 2 aromatic carbocycles. The Kier molecular flexibility index (Phi) is 9.22. The van der Waals surface area contributed by atoms with E-state index in [2.05, 4.69) is 80.5 Å². The third-order valence-corrected chi connectivity index (χ3v) is 6.13. The van der Waals surface area contributed by atoms with E-state index in [0.717, 1.165) is 49.6 Å². The average molecular weight is 544 g/mol. The van der Waals surface area contributed by atoms with Crippen molar-refractivity contribution in [2.75, 3.05) is 0 Å². The zero-order valence-electron chi connectivity index (χ0n) is 18.0. The molecule has 0 fully saturated rings. The Morgan fingerprint density at radius 1 is 1.00 bits per heavy atom. The number of amidine groups is 1. The molecule has 1 N–H and O–H groups in total. The number of unbranched alkanes of at least 4 members (excludes halogenated alkanes) is 5. The number of aliphatic imine (C=N–C) groups is 1. The lowest BCUT2D eigenvalue weighted by Crippen LogP contribution is -2.20. The van der Waals surface area contributed by atoms with E-state index < -0.39 is 0 Å². The molecule has 6 heteroatoms. The molecular weight excluding hydrogens is 516 g/mol. The Hall–Kier alpha value is -2.05. The Morgan fingerprint density at radius 2 is 1.74 bits per heavy atom. The van der Waals surface area contributed by atoms with E-state index in [-0.39, 0.29) is 0 Å². The van der Waals surface area contributed by atoms with Crippen molar-refractivity contribution in [3.8, 4) is 0 Å². The standard InChI is InChI=1S/C25H28Br2N4/c1-3-4-5-6-7-10-15-28-31-25(30-24-20(26)16-18(2)17-21(24)27)23-14-13-19-11-8-9-12-22(19)29-23/h8-9,11-17H,3-7,10H2,1-2H3,(H,30,31)/b28-15+. The van der Waals surface area contributed by atoms with E-state index in [9.17, 15) is 0 Å². The lowest BCUT2D eigenvalue weighted by atomic mass is 10.1. The average Bonchev–Trinajstić information content (AvgIpc) is 2.76. The number of nitrogens with one attached hydrogen (secondary N) is 1. The summed E-state index contributed by atoms with van der Waals surface area (Å²) in [5.74, 6) is 0.609. The Morgan fingerprint density at radius 3 is 2.52 bits per heavy atom. The van der Waals surface area contributed by atoms with Crippen LogP contribution < -0.4 is 5.43 Å². The minimum absolute atomic E-state index is 0.609. The number of halogens is 2. The van der Waals surface area contributed by atoms with Crippen LogP contribution in [0.15, 0.2) is 67.6 Å². The highest BCUT2D eigenvalue weighted by Gasteiger charge is 2.11. The van der Waals surface area contributed by atoms with Gasteiger partial charge in [-0.3, -0.25) is 5.43 Å². The number of para-hydroxylation sites is 1. The molecule has 0 amide bonds. The maximum Gasteiger partial charge on any atom is 0.173 e. The number of rotatable bonds is 9. The Balaban J connectivity index is 1.85. The van der Waals surface area contributed by atoms with Crippen molar-refractivity contribution in [3.05, 3.63) is 68.7 Å². The van der Waals surface area contributed by atoms with Crippen LogP contribution >= 0.6 is 31.9 Å². The molecule has 0 radical (unpaired) electrons. The van der Waals surface area contributed by atoms with Crippen LogP contribution in [0.1, 0.15) is 56.7 Å². The van der Waals surface area contributed by atoms with Crippen molar-refractivity contribution < 1.29 is 0 Å². The Labute approximate surface area is 201 Å². The van der Waals surface area contributed by atoms with Crippen LogP contribution in [0, 0.1) is 6.92 Å². The van der Waals surface area contributed by atoms with Crippen LogP contribution in [-0.2, 0) is 0 Å². The number of hydrazone groups is 1. The fraction of sp³-hybridized carbons (Fsp3) is 0.320. The molecule has 31 heavy (non-hydrogen) atoms. The van der Waals surface area contributed by atoms with Crippen molar-refractivity contribution >= 4 is 60.5 Å². The quantitative estimate of drug-likeness (QED) is 0.128. The SMILES string of the molecule is CCCCCCC/C=N/NC(=Nc1c(Br)cc(C)cc1Br)c1ccc2ccccc2n1. The maximum absolute atomic E-state index is 4.87. The van der Waals surface area contributed by atoms with Crippen LogP contribution in [0.25, 0.3) is 10.9 Å². The number of hydrogen-bond acceptors (Lipinski definition) is 3. The lowest BCUT2D eigenvalue weighted by Gasteiger charge is -2.10. The van der Waals surface area contributed by atoms with Gasteiger partial charge in [0, 0.05) is 20.5 Å². The molecule has 0 aliphatic rings. The highest BCUT2D eigenvalue weighted by atomic mass is 79.9. The topological polar surface area (TPSA) is 49.6 Å². The summed E-state index contributed by atoms with van der Waals surface area (Å²) in [5.41, 5.74) is 6.76. The summed E-state index contributed by atoms with van der Waals surface area (Å²) in [5, 5.41) is 5.54. The van der Waals surface area contributed by atoms with Gasteiger partial charge in [-0.1, -0.05) is 56.9 Å². The molecule has 1 heterocycles. The largest absolute Gasteiger partial charge is 0.260 e. The van der Waals surface area contributed by atoms with Gasteiger partial charge in [0.1, 0.15) is 5.69 Å². The van der Waals surface area contributed by atoms with Crippen LogP contribution in [0.2, 0.25) is 0 Å². The monoisotopic (exact) mass is 542 g/mol. The van der Waals surface area contributed by atoms with Gasteiger partial charge in [0.2, 0.25) is 0 Å². The lowest BCUT2D eigenvalue weighted by molar-refractivity contribution is 0.644. The van der Waals surface area contributed by atoms with E-state index in [4.69, 9.17) is 9.98 Å². The van der Waals surface area contributed by atoms with Crippen LogP contribution in [0.3, 0.4) is 0 Å². The summed E-state index contributed by atoms with van der Waals surface area (Å²) in [4.78, 5) is 9.67. The first-order valence-corrected chi connectivity index (χ1v) is 12.3. The third kappa shape index (κ3) is 6.97. The third-order valence-electron chi connectivity index (χ3n) is 4.92. The molecule has 0 unspecified atom stereocenters. The first-order valence-electron chi connectivity index (χ1n) is 10.8. The minimum Gasteiger partial charge on any atom is -0.260 e. The molecule has 0 saturated carbocycles. The molecule has 4 nitrogen and oxygen atoms in total. The van der Waals surface area contributed by atoms with Gasteiger partial charge < -0.3 is 0 Å². The number of hydrogen-bond donors (Lipinski definition) is 1. The van der Waals surface area contributed by atoms with Crippen molar-refractivity contribution in [3.63, 3.8) is 0 Å². The van der Waals surface area contributed by atoms with Gasteiger partial charge in [0.15, 0.2) is 5.84 Å². The zero-order chi connectivity index (χ0) is 22.1. The van der Waals surface area contributed by atoms with E-state index in [1.165, 1.54) is 25.7 Å². The molecular formula is C25H28Br2N4. The molecule has 0 aliphatic heterocycles. The van der Waals surface area contributed by atoms with Crippen LogP contribution in [0.4, 0.5) is 5.69 Å². The maximum atomic E-state index is 4.87. The summed E-state index contributed by atoms with van der Waals surface area (Å²) >= 11 is 7.28. The molecule has 0 atom stereocenters. The van der Waals surface area contributed by atoms with Gasteiger partial charge in [-0.05, 0) is 81.5 Å². The second-order valence-electron chi connectivity index (χ2n) is 7.55. The predicted molar refractivity (Wildman–Crippen MR) is 140 cm³/mol. The van der Waals surface area contributed by atoms with E-state index >= 15 is 0 Å². The summed E-state index contributed by atoms with van der Waals surface area (Å²) < 4.78 is 1.83. The van der Waals surface area contributed by atoms with Gasteiger partial charge >= 0.3 is 0 Å². The highest BCUT2D eigenvalue weighted by Crippen LogP contribution is 2.35. The van der Waals surface area contributed by atoms with Crippen molar-refractivity contribution in [2.24, 2.45) is 10.1 Å². The normalized spacial score (nSPS) is 12.1. The van der Waals surface area contributed by atoms with Gasteiger partial charge in [0.05, 0.1) is 11.2 Å². The fourth-order valence-corrected chi connectivity index (χ4v) is 4.85. The number of benzene rings is 2. The number of aromatic nitrogens is 1. The van der Waals surface area contributed by atoms with E-state index in [1.807, 2.05) is 30.5 Å². The Bertz CT molecular complexity index is 1050. The zero-order valence-corrected chi connectivity index (χ0v) is 21.2. The highest BCUT2D eigenvalue weighted by molar-refractivity contribution is 9.11. The van der Waals surface area contributed by atoms with E-state index in [1.54, 1.807) is 0 Å². The second kappa shape index (κ2) is 12.1. The van der Waals surface area contributed by atoms with Gasteiger partial charge in [0.25, 0.3) is 0 Å². The molecule has 0 spiro atoms. The number of fused-ring (bicyclic) bond motifs is 1. The number of pyridine rings is 1. The summed E-state index contributed by atoms with van der Waals surface area (Å²) in [6.45, 7) is 4.29. The molecule has 162 valence electrons. The summed E-state index contributed by atoms with van der Waals surface area (Å²) in [7, 11) is 0. The van der Waals surface area contributed by atoms with Crippen molar-refractivity contribution in [2.45, 2.75) is 52.4 Å². The smallest absolute Gasteiger partial charge is 0.173 e. The van der Waals surface area contributed by atoms with Crippen molar-refractivity contribution in [1.29, 1.82) is 0 Å². The summed E-state index contributed by atoms with van der Waals surface area (Å²) in [6.07, 6.45) is 9.14. The molecule has 1 aromatic heterocycles. The number of nitrogens with zero attached hydrogens (tertiary/aromatic N) is 3.